The zero-order chi connectivity index (χ0) is 18.8. The predicted octanol–water partition coefficient (Wildman–Crippen LogP) is 4.86. The monoisotopic (exact) mass is 372 g/mol. The van der Waals surface area contributed by atoms with Gasteiger partial charge in [0.25, 0.3) is 0 Å². The quantitative estimate of drug-likeness (QED) is 0.655. The van der Waals surface area contributed by atoms with E-state index in [9.17, 15) is 0 Å². The highest BCUT2D eigenvalue weighted by Gasteiger charge is 2.27. The molecule has 1 fully saturated rings. The van der Waals surface area contributed by atoms with Gasteiger partial charge in [0.05, 0.1) is 5.69 Å². The SMILES string of the molecule is c1ccc(-c2ccc(CN3CCCC3c3ccc4c(c3)OCCO4)cc2)nc1. The Labute approximate surface area is 165 Å². The molecule has 142 valence electrons. The summed E-state index contributed by atoms with van der Waals surface area (Å²) in [7, 11) is 0. The second kappa shape index (κ2) is 7.64. The van der Waals surface area contributed by atoms with E-state index in [-0.39, 0.29) is 0 Å². The molecule has 2 aliphatic heterocycles. The van der Waals surface area contributed by atoms with E-state index < -0.39 is 0 Å². The molecule has 3 heterocycles. The molecule has 3 aromatic rings. The van der Waals surface area contributed by atoms with Gasteiger partial charge < -0.3 is 9.47 Å². The van der Waals surface area contributed by atoms with Crippen LogP contribution in [0.1, 0.15) is 30.0 Å². The number of hydrogen-bond donors (Lipinski definition) is 0. The molecular weight excluding hydrogens is 348 g/mol. The Bertz CT molecular complexity index is 941. The van der Waals surface area contributed by atoms with Gasteiger partial charge in [-0.3, -0.25) is 9.88 Å². The van der Waals surface area contributed by atoms with Crippen LogP contribution >= 0.6 is 0 Å². The zero-order valence-electron chi connectivity index (χ0n) is 15.9. The lowest BCUT2D eigenvalue weighted by Gasteiger charge is -2.26. The van der Waals surface area contributed by atoms with Crippen LogP contribution in [0.4, 0.5) is 0 Å². The minimum Gasteiger partial charge on any atom is -0.486 e. The van der Waals surface area contributed by atoms with E-state index in [1.807, 2.05) is 24.4 Å². The molecule has 28 heavy (non-hydrogen) atoms. The molecular formula is C24H24N2O2. The molecule has 1 atom stereocenters. The summed E-state index contributed by atoms with van der Waals surface area (Å²) in [5.74, 6) is 1.75. The minimum absolute atomic E-state index is 0.436. The number of benzene rings is 2. The van der Waals surface area contributed by atoms with Crippen molar-refractivity contribution in [3.05, 3.63) is 78.0 Å². The van der Waals surface area contributed by atoms with Crippen LogP contribution in [0.5, 0.6) is 11.5 Å². The molecule has 0 radical (unpaired) electrons. The Morgan fingerprint density at radius 2 is 1.79 bits per heavy atom. The van der Waals surface area contributed by atoms with E-state index in [0.29, 0.717) is 19.3 Å². The van der Waals surface area contributed by atoms with Crippen molar-refractivity contribution >= 4 is 0 Å². The highest BCUT2D eigenvalue weighted by Crippen LogP contribution is 2.38. The van der Waals surface area contributed by atoms with Gasteiger partial charge in [-0.25, -0.2) is 0 Å². The summed E-state index contributed by atoms with van der Waals surface area (Å²) in [5.41, 5.74) is 4.84. The van der Waals surface area contributed by atoms with Crippen LogP contribution in [-0.4, -0.2) is 29.6 Å². The maximum Gasteiger partial charge on any atom is 0.161 e. The highest BCUT2D eigenvalue weighted by molar-refractivity contribution is 5.59. The third kappa shape index (κ3) is 3.48. The van der Waals surface area contributed by atoms with Crippen molar-refractivity contribution in [1.82, 2.24) is 9.88 Å². The van der Waals surface area contributed by atoms with E-state index in [2.05, 4.69) is 52.3 Å². The second-order valence-electron chi connectivity index (χ2n) is 7.44. The average Bonchev–Trinajstić information content (AvgIpc) is 3.23. The van der Waals surface area contributed by atoms with Crippen molar-refractivity contribution in [3.8, 4) is 22.8 Å². The lowest BCUT2D eigenvalue weighted by atomic mass is 10.0. The topological polar surface area (TPSA) is 34.6 Å². The smallest absolute Gasteiger partial charge is 0.161 e. The molecule has 0 saturated carbocycles. The number of aromatic nitrogens is 1. The normalized spacial score (nSPS) is 18.9. The Morgan fingerprint density at radius 1 is 0.929 bits per heavy atom. The van der Waals surface area contributed by atoms with Crippen LogP contribution in [0, 0.1) is 0 Å². The van der Waals surface area contributed by atoms with Crippen molar-refractivity contribution in [3.63, 3.8) is 0 Å². The van der Waals surface area contributed by atoms with Gasteiger partial charge in [-0.05, 0) is 54.8 Å². The Hall–Kier alpha value is -2.85. The van der Waals surface area contributed by atoms with E-state index in [0.717, 1.165) is 35.8 Å². The number of fused-ring (bicyclic) bond motifs is 1. The van der Waals surface area contributed by atoms with Crippen LogP contribution in [-0.2, 0) is 6.54 Å². The third-order valence-electron chi connectivity index (χ3n) is 5.61. The molecule has 1 aromatic heterocycles. The third-order valence-corrected chi connectivity index (χ3v) is 5.61. The molecule has 2 aliphatic rings. The Balaban J connectivity index is 1.32. The Morgan fingerprint density at radius 3 is 2.61 bits per heavy atom. The first kappa shape index (κ1) is 17.3. The van der Waals surface area contributed by atoms with Gasteiger partial charge in [0.2, 0.25) is 0 Å². The Kier molecular flexibility index (Phi) is 4.71. The summed E-state index contributed by atoms with van der Waals surface area (Å²) in [6.07, 6.45) is 4.25. The summed E-state index contributed by atoms with van der Waals surface area (Å²) in [6, 6.07) is 21.7. The number of ether oxygens (including phenoxy) is 2. The van der Waals surface area contributed by atoms with Crippen molar-refractivity contribution in [2.45, 2.75) is 25.4 Å². The molecule has 0 bridgehead atoms. The number of nitrogens with zero attached hydrogens (tertiary/aromatic N) is 2. The maximum atomic E-state index is 5.78. The van der Waals surface area contributed by atoms with E-state index in [1.165, 1.54) is 24.0 Å². The van der Waals surface area contributed by atoms with Crippen LogP contribution < -0.4 is 9.47 Å². The van der Waals surface area contributed by atoms with Gasteiger partial charge in [-0.15, -0.1) is 0 Å². The molecule has 2 aromatic carbocycles. The van der Waals surface area contributed by atoms with Crippen molar-refractivity contribution in [2.24, 2.45) is 0 Å². The van der Waals surface area contributed by atoms with Crippen LogP contribution in [0.25, 0.3) is 11.3 Å². The molecule has 5 rings (SSSR count). The van der Waals surface area contributed by atoms with Crippen LogP contribution in [0.15, 0.2) is 66.9 Å². The maximum absolute atomic E-state index is 5.78. The molecule has 1 unspecified atom stereocenters. The fourth-order valence-corrected chi connectivity index (χ4v) is 4.21. The molecule has 4 heteroatoms. The van der Waals surface area contributed by atoms with E-state index in [1.54, 1.807) is 0 Å². The molecule has 0 spiro atoms. The van der Waals surface area contributed by atoms with Gasteiger partial charge in [-0.2, -0.15) is 0 Å². The zero-order valence-corrected chi connectivity index (χ0v) is 15.9. The lowest BCUT2D eigenvalue weighted by Crippen LogP contribution is -2.23. The van der Waals surface area contributed by atoms with Crippen molar-refractivity contribution in [2.75, 3.05) is 19.8 Å². The molecule has 0 amide bonds. The highest BCUT2D eigenvalue weighted by atomic mass is 16.6. The first-order chi connectivity index (χ1) is 13.9. The van der Waals surface area contributed by atoms with Gasteiger partial charge in [0, 0.05) is 24.3 Å². The summed E-state index contributed by atoms with van der Waals surface area (Å²) in [6.45, 7) is 3.35. The fraction of sp³-hybridized carbons (Fsp3) is 0.292. The number of likely N-dealkylation sites (tertiary alicyclic amines) is 1. The van der Waals surface area contributed by atoms with Crippen LogP contribution in [0.2, 0.25) is 0 Å². The first-order valence-electron chi connectivity index (χ1n) is 10.0. The lowest BCUT2D eigenvalue weighted by molar-refractivity contribution is 0.170. The fourth-order valence-electron chi connectivity index (χ4n) is 4.21. The average molecular weight is 372 g/mol. The number of pyridine rings is 1. The summed E-state index contributed by atoms with van der Waals surface area (Å²) >= 11 is 0. The van der Waals surface area contributed by atoms with Crippen molar-refractivity contribution < 1.29 is 9.47 Å². The molecule has 1 saturated heterocycles. The van der Waals surface area contributed by atoms with E-state index >= 15 is 0 Å². The van der Waals surface area contributed by atoms with Gasteiger partial charge >= 0.3 is 0 Å². The summed E-state index contributed by atoms with van der Waals surface area (Å²) < 4.78 is 11.5. The first-order valence-corrected chi connectivity index (χ1v) is 10.0. The van der Waals surface area contributed by atoms with Crippen LogP contribution in [0.3, 0.4) is 0 Å². The van der Waals surface area contributed by atoms with Gasteiger partial charge in [-0.1, -0.05) is 36.4 Å². The molecule has 0 N–H and O–H groups in total. The molecule has 4 nitrogen and oxygen atoms in total. The standard InChI is InChI=1S/C24H24N2O2/c1-2-12-25-21(4-1)19-8-6-18(7-9-19)17-26-13-3-5-22(26)20-10-11-23-24(16-20)28-15-14-27-23/h1-2,4,6-12,16,22H,3,5,13-15,17H2. The van der Waals surface area contributed by atoms with Gasteiger partial charge in [0.15, 0.2) is 11.5 Å². The van der Waals surface area contributed by atoms with Gasteiger partial charge in [0.1, 0.15) is 13.2 Å². The van der Waals surface area contributed by atoms with Crippen molar-refractivity contribution in [1.29, 1.82) is 0 Å². The number of hydrogen-bond acceptors (Lipinski definition) is 4. The largest absolute Gasteiger partial charge is 0.486 e. The minimum atomic E-state index is 0.436. The summed E-state index contributed by atoms with van der Waals surface area (Å²) in [5, 5.41) is 0. The molecule has 0 aliphatic carbocycles. The van der Waals surface area contributed by atoms with E-state index in [4.69, 9.17) is 9.47 Å². The second-order valence-corrected chi connectivity index (χ2v) is 7.44. The predicted molar refractivity (Wildman–Crippen MR) is 109 cm³/mol. The summed E-state index contributed by atoms with van der Waals surface area (Å²) in [4.78, 5) is 7.01. The number of rotatable bonds is 4.